The van der Waals surface area contributed by atoms with Gasteiger partial charge in [-0.3, -0.25) is 0 Å². The Kier molecular flexibility index (Phi) is 5.96. The smallest absolute Gasteiger partial charge is 0.0960 e. The van der Waals surface area contributed by atoms with Crippen LogP contribution in [0.1, 0.15) is 0 Å². The van der Waals surface area contributed by atoms with E-state index in [1.165, 1.54) is 7.11 Å². The van der Waals surface area contributed by atoms with E-state index < -0.39 is 0 Å². The van der Waals surface area contributed by atoms with Crippen molar-refractivity contribution in [3.05, 3.63) is 12.1 Å². The van der Waals surface area contributed by atoms with Crippen LogP contribution in [-0.4, -0.2) is 28.4 Å². The normalized spacial score (nSPS) is 8.80. The van der Waals surface area contributed by atoms with Gasteiger partial charge in [0.1, 0.15) is 0 Å². The summed E-state index contributed by atoms with van der Waals surface area (Å²) < 4.78 is 20.4. The molecule has 1 radical (unpaired) electrons. The average molecular weight is 256 g/mol. The minimum absolute atomic E-state index is 0. The Hall–Kier alpha value is -1.07. The van der Waals surface area contributed by atoms with Gasteiger partial charge >= 0.3 is 0 Å². The Morgan fingerprint density at radius 2 is 1.47 bits per heavy atom. The maximum Gasteiger partial charge on any atom is 0.0960 e. The molecule has 0 aromatic heterocycles. The van der Waals surface area contributed by atoms with Crippen LogP contribution in [0.15, 0.2) is 6.07 Å². The fraction of sp³-hybridized carbons (Fsp3) is 0.400. The molecule has 87 valence electrons. The van der Waals surface area contributed by atoms with Crippen LogP contribution in [-0.2, 0) is 16.8 Å². The summed E-state index contributed by atoms with van der Waals surface area (Å²) in [5, 5.41) is 0. The second-order valence-electron chi connectivity index (χ2n) is 2.46. The van der Waals surface area contributed by atoms with Crippen LogP contribution in [0.2, 0.25) is 0 Å². The van der Waals surface area contributed by atoms with Crippen LogP contribution in [0.3, 0.4) is 0 Å². The van der Waals surface area contributed by atoms with Gasteiger partial charge in [-0.05, 0) is 0 Å². The van der Waals surface area contributed by atoms with Gasteiger partial charge in [0.25, 0.3) is 0 Å². The third-order valence-electron chi connectivity index (χ3n) is 1.80. The number of hydrogen-bond donors (Lipinski definition) is 0. The Bertz CT molecular complexity index is 284. The van der Waals surface area contributed by atoms with Gasteiger partial charge in [-0.15, -0.1) is 12.1 Å². The fourth-order valence-electron chi connectivity index (χ4n) is 1.16. The molecule has 1 aromatic carbocycles. The zero-order valence-electron chi connectivity index (χ0n) is 9.04. The summed E-state index contributed by atoms with van der Waals surface area (Å²) in [6.45, 7) is 0. The standard InChI is InChI=1S/C10H13O4.Co/c1-11-7-5-6-8(12-2)10(14-4)9(7)13-3;/h5H,1-4H3;/q-1;. The van der Waals surface area contributed by atoms with E-state index in [0.29, 0.717) is 23.0 Å². The summed E-state index contributed by atoms with van der Waals surface area (Å²) in [6, 6.07) is 4.52. The van der Waals surface area contributed by atoms with Gasteiger partial charge in [0, 0.05) is 16.8 Å². The molecule has 4 nitrogen and oxygen atoms in total. The molecule has 0 spiro atoms. The minimum Gasteiger partial charge on any atom is -0.550 e. The van der Waals surface area contributed by atoms with Crippen LogP contribution in [0, 0.1) is 6.07 Å². The summed E-state index contributed by atoms with van der Waals surface area (Å²) >= 11 is 0. The largest absolute Gasteiger partial charge is 0.550 e. The molecule has 0 saturated carbocycles. The zero-order valence-corrected chi connectivity index (χ0v) is 10.1. The Morgan fingerprint density at radius 1 is 0.867 bits per heavy atom. The van der Waals surface area contributed by atoms with E-state index in [1.54, 1.807) is 27.4 Å². The molecule has 0 saturated heterocycles. The third-order valence-corrected chi connectivity index (χ3v) is 1.80. The first kappa shape index (κ1) is 13.9. The minimum atomic E-state index is 0. The maximum atomic E-state index is 5.15. The molecule has 0 amide bonds. The van der Waals surface area contributed by atoms with Gasteiger partial charge in [-0.25, -0.2) is 0 Å². The van der Waals surface area contributed by atoms with Gasteiger partial charge in [-0.2, -0.15) is 0 Å². The fourth-order valence-corrected chi connectivity index (χ4v) is 1.16. The first-order chi connectivity index (χ1) is 6.78. The summed E-state index contributed by atoms with van der Waals surface area (Å²) in [5.41, 5.74) is 0. The molecule has 0 aliphatic heterocycles. The van der Waals surface area contributed by atoms with Gasteiger partial charge < -0.3 is 18.9 Å². The van der Waals surface area contributed by atoms with E-state index in [0.717, 1.165) is 0 Å². The van der Waals surface area contributed by atoms with Crippen molar-refractivity contribution in [1.82, 2.24) is 0 Å². The van der Waals surface area contributed by atoms with Crippen molar-refractivity contribution in [3.63, 3.8) is 0 Å². The van der Waals surface area contributed by atoms with Crippen LogP contribution >= 0.6 is 0 Å². The summed E-state index contributed by atoms with van der Waals surface area (Å²) in [7, 11) is 6.17. The topological polar surface area (TPSA) is 36.9 Å². The quantitative estimate of drug-likeness (QED) is 0.765. The van der Waals surface area contributed by atoms with Crippen LogP contribution in [0.25, 0.3) is 0 Å². The third kappa shape index (κ3) is 2.70. The molecule has 1 rings (SSSR count). The van der Waals surface area contributed by atoms with Crippen molar-refractivity contribution < 1.29 is 35.7 Å². The molecule has 0 aliphatic rings. The van der Waals surface area contributed by atoms with Crippen molar-refractivity contribution >= 4 is 0 Å². The van der Waals surface area contributed by atoms with Crippen molar-refractivity contribution in [3.8, 4) is 23.0 Å². The van der Waals surface area contributed by atoms with Crippen molar-refractivity contribution in [2.24, 2.45) is 0 Å². The molecular weight excluding hydrogens is 243 g/mol. The first-order valence-corrected chi connectivity index (χ1v) is 4.03. The van der Waals surface area contributed by atoms with E-state index in [1.807, 2.05) is 0 Å². The predicted molar refractivity (Wildman–Crippen MR) is 51.5 cm³/mol. The molecule has 0 bridgehead atoms. The SMILES string of the molecule is COc1[c-]cc(OC)c(OC)c1OC.[Co]. The summed E-state index contributed by atoms with van der Waals surface area (Å²) in [6.07, 6.45) is 0. The Morgan fingerprint density at radius 3 is 1.87 bits per heavy atom. The first-order valence-electron chi connectivity index (χ1n) is 4.03. The van der Waals surface area contributed by atoms with E-state index >= 15 is 0 Å². The molecule has 1 aromatic rings. The number of methoxy groups -OCH3 is 4. The van der Waals surface area contributed by atoms with Crippen LogP contribution in [0.5, 0.6) is 23.0 Å². The molecule has 0 aliphatic carbocycles. The van der Waals surface area contributed by atoms with Gasteiger partial charge in [-0.1, -0.05) is 0 Å². The van der Waals surface area contributed by atoms with E-state index in [4.69, 9.17) is 18.9 Å². The Balaban J connectivity index is 0.00000196. The molecule has 5 heteroatoms. The zero-order chi connectivity index (χ0) is 10.6. The second kappa shape index (κ2) is 6.42. The van der Waals surface area contributed by atoms with Gasteiger partial charge in [0.15, 0.2) is 0 Å². The number of ether oxygens (including phenoxy) is 4. The molecule has 0 fully saturated rings. The number of benzene rings is 1. The van der Waals surface area contributed by atoms with E-state index in [-0.39, 0.29) is 16.8 Å². The van der Waals surface area contributed by atoms with Crippen LogP contribution in [0.4, 0.5) is 0 Å². The summed E-state index contributed by atoms with van der Waals surface area (Å²) in [5.74, 6) is 2.04. The van der Waals surface area contributed by atoms with Crippen molar-refractivity contribution in [2.45, 2.75) is 0 Å². The van der Waals surface area contributed by atoms with E-state index in [2.05, 4.69) is 6.07 Å². The van der Waals surface area contributed by atoms with Gasteiger partial charge in [0.2, 0.25) is 0 Å². The monoisotopic (exact) mass is 256 g/mol. The molecule has 0 heterocycles. The molecular formula is C10H13CoO4-. The molecule has 15 heavy (non-hydrogen) atoms. The number of rotatable bonds is 4. The molecule has 0 unspecified atom stereocenters. The van der Waals surface area contributed by atoms with E-state index in [9.17, 15) is 0 Å². The van der Waals surface area contributed by atoms with Crippen molar-refractivity contribution in [1.29, 1.82) is 0 Å². The van der Waals surface area contributed by atoms with Gasteiger partial charge in [0.05, 0.1) is 51.4 Å². The Labute approximate surface area is 99.7 Å². The maximum absolute atomic E-state index is 5.15. The summed E-state index contributed by atoms with van der Waals surface area (Å²) in [4.78, 5) is 0. The van der Waals surface area contributed by atoms with Crippen LogP contribution < -0.4 is 18.9 Å². The second-order valence-corrected chi connectivity index (χ2v) is 2.46. The molecule has 0 N–H and O–H groups in total. The molecule has 0 atom stereocenters. The average Bonchev–Trinajstić information content (AvgIpc) is 2.26. The number of hydrogen-bond acceptors (Lipinski definition) is 4. The van der Waals surface area contributed by atoms with Crippen molar-refractivity contribution in [2.75, 3.05) is 28.4 Å². The predicted octanol–water partition coefficient (Wildman–Crippen LogP) is 1.52.